The highest BCUT2D eigenvalue weighted by Gasteiger charge is 2.29. The normalized spacial score (nSPS) is 13.7. The van der Waals surface area contributed by atoms with Gasteiger partial charge in [0.1, 0.15) is 10.4 Å². The number of hydrogen-bond acceptors (Lipinski definition) is 2. The lowest BCUT2D eigenvalue weighted by Crippen LogP contribution is -2.17. The van der Waals surface area contributed by atoms with E-state index in [1.807, 2.05) is 12.1 Å². The quantitative estimate of drug-likeness (QED) is 0.676. The van der Waals surface area contributed by atoms with Crippen LogP contribution in [0.1, 0.15) is 40.2 Å². The van der Waals surface area contributed by atoms with Gasteiger partial charge in [-0.1, -0.05) is 29.8 Å². The third-order valence-electron chi connectivity index (χ3n) is 3.77. The molecule has 0 saturated heterocycles. The summed E-state index contributed by atoms with van der Waals surface area (Å²) in [6.45, 7) is 0. The van der Waals surface area contributed by atoms with Crippen LogP contribution in [0.15, 0.2) is 36.4 Å². The monoisotopic (exact) mass is 394 g/mol. The number of anilines is 1. The van der Waals surface area contributed by atoms with Crippen molar-refractivity contribution in [1.29, 1.82) is 5.41 Å². The Morgan fingerprint density at radius 2 is 1.91 bits per heavy atom. The van der Waals surface area contributed by atoms with Crippen molar-refractivity contribution < 1.29 is 9.18 Å². The maximum absolute atomic E-state index is 13.9. The zero-order valence-electron chi connectivity index (χ0n) is 12.0. The molecule has 3 nitrogen and oxygen atoms in total. The third kappa shape index (κ3) is 3.31. The van der Waals surface area contributed by atoms with Crippen molar-refractivity contribution in [3.8, 4) is 0 Å². The number of carbonyl (C=O) groups is 1. The summed E-state index contributed by atoms with van der Waals surface area (Å²) < 4.78 is 13.8. The Balaban J connectivity index is 1.98. The second-order valence-electron chi connectivity index (χ2n) is 5.41. The Hall–Kier alpha value is -1.72. The van der Waals surface area contributed by atoms with E-state index in [0.29, 0.717) is 16.5 Å². The van der Waals surface area contributed by atoms with Crippen LogP contribution in [0.4, 0.5) is 10.1 Å². The van der Waals surface area contributed by atoms with Gasteiger partial charge in [0.05, 0.1) is 21.8 Å². The number of rotatable bonds is 4. The van der Waals surface area contributed by atoms with Gasteiger partial charge in [-0.3, -0.25) is 10.2 Å². The fourth-order valence-electron chi connectivity index (χ4n) is 2.55. The van der Waals surface area contributed by atoms with Gasteiger partial charge >= 0.3 is 0 Å². The molecule has 0 heterocycles. The van der Waals surface area contributed by atoms with E-state index in [4.69, 9.17) is 17.0 Å². The highest BCUT2D eigenvalue weighted by Crippen LogP contribution is 2.43. The Labute approximate surface area is 146 Å². The van der Waals surface area contributed by atoms with Crippen molar-refractivity contribution in [2.24, 2.45) is 0 Å². The molecule has 2 aromatic carbocycles. The maximum atomic E-state index is 13.9. The van der Waals surface area contributed by atoms with Gasteiger partial charge in [0, 0.05) is 0 Å². The van der Waals surface area contributed by atoms with Crippen LogP contribution in [0.5, 0.6) is 0 Å². The van der Waals surface area contributed by atoms with Crippen molar-refractivity contribution in [3.05, 3.63) is 63.9 Å². The van der Waals surface area contributed by atoms with Crippen molar-refractivity contribution in [2.45, 2.75) is 18.8 Å². The molecule has 0 spiro atoms. The molecule has 1 aliphatic rings. The van der Waals surface area contributed by atoms with Gasteiger partial charge in [0.15, 0.2) is 0 Å². The van der Waals surface area contributed by atoms with Gasteiger partial charge < -0.3 is 5.32 Å². The molecular weight excluding hydrogens is 383 g/mol. The number of amides is 1. The van der Waals surface area contributed by atoms with Gasteiger partial charge in [-0.2, -0.15) is 0 Å². The number of carbonyl (C=O) groups excluding carboxylic acids is 1. The molecule has 2 aromatic rings. The minimum atomic E-state index is -0.578. The Morgan fingerprint density at radius 3 is 2.57 bits per heavy atom. The Bertz CT molecular complexity index is 805. The van der Waals surface area contributed by atoms with E-state index in [0.717, 1.165) is 18.4 Å². The zero-order chi connectivity index (χ0) is 16.6. The molecule has 1 saturated carbocycles. The molecule has 6 heteroatoms. The van der Waals surface area contributed by atoms with Crippen molar-refractivity contribution >= 4 is 43.7 Å². The standard InChI is InChI=1S/C17H13BrClFN2O/c18-16(21)15-12(20)5-2-6-13(15)22-17(23)14-10(9-7-8-9)3-1-4-11(14)19/h1-6,9,21H,7-8H2,(H,22,23). The maximum Gasteiger partial charge on any atom is 0.257 e. The molecule has 0 radical (unpaired) electrons. The molecule has 118 valence electrons. The van der Waals surface area contributed by atoms with Gasteiger partial charge in [0.2, 0.25) is 0 Å². The van der Waals surface area contributed by atoms with Crippen molar-refractivity contribution in [1.82, 2.24) is 0 Å². The molecule has 1 amide bonds. The molecule has 0 aromatic heterocycles. The summed E-state index contributed by atoms with van der Waals surface area (Å²) >= 11 is 9.17. The summed E-state index contributed by atoms with van der Waals surface area (Å²) in [7, 11) is 0. The lowest BCUT2D eigenvalue weighted by atomic mass is 10.0. The van der Waals surface area contributed by atoms with Crippen molar-refractivity contribution in [3.63, 3.8) is 0 Å². The molecule has 0 bridgehead atoms. The molecule has 0 atom stereocenters. The molecule has 23 heavy (non-hydrogen) atoms. The smallest absolute Gasteiger partial charge is 0.257 e. The summed E-state index contributed by atoms with van der Waals surface area (Å²) in [6.07, 6.45) is 2.08. The van der Waals surface area contributed by atoms with Gasteiger partial charge in [0.25, 0.3) is 5.91 Å². The Kier molecular flexibility index (Phi) is 4.50. The number of halogens is 3. The molecule has 0 unspecified atom stereocenters. The largest absolute Gasteiger partial charge is 0.321 e. The van der Waals surface area contributed by atoms with E-state index in [1.165, 1.54) is 12.1 Å². The van der Waals surface area contributed by atoms with Gasteiger partial charge in [-0.15, -0.1) is 0 Å². The first-order chi connectivity index (χ1) is 11.0. The van der Waals surface area contributed by atoms with Crippen LogP contribution in [0.3, 0.4) is 0 Å². The second kappa shape index (κ2) is 6.42. The van der Waals surface area contributed by atoms with Crippen LogP contribution in [0.25, 0.3) is 0 Å². The van der Waals surface area contributed by atoms with Crippen LogP contribution in [0, 0.1) is 11.2 Å². The molecular formula is C17H13BrClFN2O. The van der Waals surface area contributed by atoms with Crippen LogP contribution in [0.2, 0.25) is 5.02 Å². The van der Waals surface area contributed by atoms with E-state index in [-0.39, 0.29) is 15.9 Å². The molecule has 0 aliphatic heterocycles. The lowest BCUT2D eigenvalue weighted by Gasteiger charge is -2.14. The molecule has 1 fully saturated rings. The fraction of sp³-hybridized carbons (Fsp3) is 0.176. The van der Waals surface area contributed by atoms with Crippen LogP contribution in [-0.4, -0.2) is 10.5 Å². The molecule has 2 N–H and O–H groups in total. The van der Waals surface area contributed by atoms with Crippen LogP contribution < -0.4 is 5.32 Å². The van der Waals surface area contributed by atoms with E-state index >= 15 is 0 Å². The highest BCUT2D eigenvalue weighted by atomic mass is 79.9. The highest BCUT2D eigenvalue weighted by molar-refractivity contribution is 9.18. The SMILES string of the molecule is N=C(Br)c1c(F)cccc1NC(=O)c1c(Cl)cccc1C1CC1. The van der Waals surface area contributed by atoms with E-state index in [1.54, 1.807) is 12.1 Å². The summed E-state index contributed by atoms with van der Waals surface area (Å²) in [6, 6.07) is 9.68. The number of nitrogens with one attached hydrogen (secondary N) is 2. The number of hydrogen-bond donors (Lipinski definition) is 2. The summed E-state index contributed by atoms with van der Waals surface area (Å²) in [5.41, 5.74) is 1.59. The summed E-state index contributed by atoms with van der Waals surface area (Å²) in [5.74, 6) is -0.611. The van der Waals surface area contributed by atoms with E-state index < -0.39 is 11.7 Å². The van der Waals surface area contributed by atoms with E-state index in [2.05, 4.69) is 21.2 Å². The van der Waals surface area contributed by atoms with Crippen LogP contribution in [-0.2, 0) is 0 Å². The minimum Gasteiger partial charge on any atom is -0.321 e. The number of benzene rings is 2. The molecule has 1 aliphatic carbocycles. The van der Waals surface area contributed by atoms with Gasteiger partial charge in [-0.05, 0) is 58.5 Å². The topological polar surface area (TPSA) is 53.0 Å². The zero-order valence-corrected chi connectivity index (χ0v) is 14.3. The van der Waals surface area contributed by atoms with Crippen LogP contribution >= 0.6 is 27.5 Å². The first kappa shape index (κ1) is 16.1. The predicted octanol–water partition coefficient (Wildman–Crippen LogP) is 5.33. The molecule has 3 rings (SSSR count). The first-order valence-electron chi connectivity index (χ1n) is 7.11. The fourth-order valence-corrected chi connectivity index (χ4v) is 3.22. The third-order valence-corrected chi connectivity index (χ3v) is 4.48. The lowest BCUT2D eigenvalue weighted by molar-refractivity contribution is 0.102. The van der Waals surface area contributed by atoms with Crippen molar-refractivity contribution in [2.75, 3.05) is 5.32 Å². The van der Waals surface area contributed by atoms with E-state index in [9.17, 15) is 9.18 Å². The summed E-state index contributed by atoms with van der Waals surface area (Å²) in [5, 5.41) is 10.7. The second-order valence-corrected chi connectivity index (χ2v) is 6.61. The minimum absolute atomic E-state index is 0.0147. The van der Waals surface area contributed by atoms with Gasteiger partial charge in [-0.25, -0.2) is 4.39 Å². The average molecular weight is 396 g/mol. The first-order valence-corrected chi connectivity index (χ1v) is 8.29. The predicted molar refractivity (Wildman–Crippen MR) is 93.5 cm³/mol. The average Bonchev–Trinajstić information content (AvgIpc) is 3.30. The summed E-state index contributed by atoms with van der Waals surface area (Å²) in [4.78, 5) is 12.7. The Morgan fingerprint density at radius 1 is 1.22 bits per heavy atom.